The normalized spacial score (nSPS) is 19.8. The zero-order valence-electron chi connectivity index (χ0n) is 29.1. The van der Waals surface area contributed by atoms with Crippen LogP contribution >= 0.6 is 0 Å². The van der Waals surface area contributed by atoms with Gasteiger partial charge >= 0.3 is 6.09 Å². The number of fused-ring (bicyclic) bond motifs is 1. The van der Waals surface area contributed by atoms with Gasteiger partial charge in [-0.1, -0.05) is 12.8 Å². The number of ketones is 1. The summed E-state index contributed by atoms with van der Waals surface area (Å²) in [6, 6.07) is 4.03. The van der Waals surface area contributed by atoms with Crippen LogP contribution in [0.5, 0.6) is 0 Å². The number of likely N-dealkylation sites (tertiary alicyclic amines) is 1. The van der Waals surface area contributed by atoms with E-state index in [1.165, 1.54) is 6.92 Å². The fraction of sp³-hybridized carbons (Fsp3) is 0.611. The number of anilines is 3. The highest BCUT2D eigenvalue weighted by atomic mass is 16.6. The molecule has 0 bridgehead atoms. The number of ether oxygens (including phenoxy) is 1. The van der Waals surface area contributed by atoms with Crippen LogP contribution in [0.4, 0.5) is 22.2 Å². The number of piperazine rings is 1. The van der Waals surface area contributed by atoms with Gasteiger partial charge in [0.2, 0.25) is 5.95 Å². The minimum Gasteiger partial charge on any atom is -0.444 e. The molecule has 1 saturated carbocycles. The lowest BCUT2D eigenvalue weighted by molar-refractivity contribution is 0.0254. The lowest BCUT2D eigenvalue weighted by Crippen LogP contribution is -2.48. The SMILES string of the molecule is CC(=O)c1c(C)c2cnc(Nc3ccc(N4CCN(CC5CCCN(C(=O)OC(C)(C)C)CC5)CC4)cn3)nc2n(C2CCCC2)c1=O. The second-order valence-electron chi connectivity index (χ2n) is 14.7. The van der Waals surface area contributed by atoms with Gasteiger partial charge in [0.25, 0.3) is 5.56 Å². The van der Waals surface area contributed by atoms with E-state index in [1.807, 2.05) is 37.9 Å². The number of hydrogen-bond donors (Lipinski definition) is 1. The predicted molar refractivity (Wildman–Crippen MR) is 187 cm³/mol. The van der Waals surface area contributed by atoms with Crippen molar-refractivity contribution in [3.05, 3.63) is 46.0 Å². The number of nitrogens with zero attached hydrogens (tertiary/aromatic N) is 7. The average molecular weight is 659 g/mol. The number of carbonyl (C=O) groups excluding carboxylic acids is 2. The van der Waals surface area contributed by atoms with Crippen LogP contribution in [0.3, 0.4) is 0 Å². The molecule has 12 nitrogen and oxygen atoms in total. The van der Waals surface area contributed by atoms with Crippen LogP contribution in [0.15, 0.2) is 29.3 Å². The zero-order chi connectivity index (χ0) is 34.0. The highest BCUT2D eigenvalue weighted by Crippen LogP contribution is 2.32. The van der Waals surface area contributed by atoms with Gasteiger partial charge in [0.15, 0.2) is 5.78 Å². The zero-order valence-corrected chi connectivity index (χ0v) is 29.1. The Kier molecular flexibility index (Phi) is 10.0. The van der Waals surface area contributed by atoms with Crippen LogP contribution in [0.1, 0.15) is 94.6 Å². The van der Waals surface area contributed by atoms with Crippen LogP contribution in [0.25, 0.3) is 11.0 Å². The molecular formula is C36H50N8O4. The summed E-state index contributed by atoms with van der Waals surface area (Å²) in [6.45, 7) is 15.4. The Morgan fingerprint density at radius 3 is 2.35 bits per heavy atom. The number of Topliss-reactive ketones (excluding diaryl/α,β-unsaturated/α-hetero) is 1. The first-order chi connectivity index (χ1) is 23.0. The lowest BCUT2D eigenvalue weighted by Gasteiger charge is -2.37. The van der Waals surface area contributed by atoms with E-state index in [-0.39, 0.29) is 29.0 Å². The number of aromatic nitrogens is 4. The van der Waals surface area contributed by atoms with Gasteiger partial charge in [0.1, 0.15) is 17.1 Å². The third kappa shape index (κ3) is 7.64. The molecule has 12 heteroatoms. The molecule has 1 unspecified atom stereocenters. The highest BCUT2D eigenvalue weighted by molar-refractivity contribution is 5.99. The Balaban J connectivity index is 1.06. The maximum atomic E-state index is 13.5. The van der Waals surface area contributed by atoms with Crippen molar-refractivity contribution >= 4 is 40.4 Å². The summed E-state index contributed by atoms with van der Waals surface area (Å²) in [5.74, 6) is 1.34. The molecule has 2 aliphatic heterocycles. The fourth-order valence-corrected chi connectivity index (χ4v) is 7.48. The summed E-state index contributed by atoms with van der Waals surface area (Å²) >= 11 is 0. The highest BCUT2D eigenvalue weighted by Gasteiger charge is 2.28. The van der Waals surface area contributed by atoms with Crippen molar-refractivity contribution in [1.29, 1.82) is 0 Å². The number of rotatable bonds is 7. The molecule has 3 fully saturated rings. The standard InChI is InChI=1S/C36H50N8O4/c1-24-29-22-38-34(40-32(29)44(27-10-6-7-11-27)33(46)31(24)25(2)45)39-30-13-12-28(21-37-30)42-19-17-41(18-20-42)23-26-9-8-15-43(16-14-26)35(47)48-36(3,4)5/h12-13,21-22,26-27H,6-11,14-20,23H2,1-5H3,(H,37,38,39,40). The molecule has 0 spiro atoms. The van der Waals surface area contributed by atoms with Gasteiger partial charge in [0, 0.05) is 63.4 Å². The summed E-state index contributed by atoms with van der Waals surface area (Å²) in [7, 11) is 0. The molecule has 0 aromatic carbocycles. The van der Waals surface area contributed by atoms with Crippen molar-refractivity contribution in [2.75, 3.05) is 56.0 Å². The van der Waals surface area contributed by atoms with Crippen LogP contribution in [-0.2, 0) is 4.74 Å². The van der Waals surface area contributed by atoms with Crippen molar-refractivity contribution in [2.45, 2.75) is 91.2 Å². The molecule has 1 N–H and O–H groups in total. The number of amides is 1. The van der Waals surface area contributed by atoms with Crippen LogP contribution in [-0.4, -0.2) is 92.6 Å². The van der Waals surface area contributed by atoms with Gasteiger partial charge in [-0.2, -0.15) is 4.98 Å². The van der Waals surface area contributed by atoms with E-state index in [0.29, 0.717) is 28.9 Å². The van der Waals surface area contributed by atoms with Gasteiger partial charge in [-0.25, -0.2) is 14.8 Å². The lowest BCUT2D eigenvalue weighted by atomic mass is 10.00. The van der Waals surface area contributed by atoms with Gasteiger partial charge in [-0.3, -0.25) is 19.1 Å². The van der Waals surface area contributed by atoms with Gasteiger partial charge in [0.05, 0.1) is 17.4 Å². The molecular weight excluding hydrogens is 608 g/mol. The molecule has 1 amide bonds. The molecule has 0 radical (unpaired) electrons. The second-order valence-corrected chi connectivity index (χ2v) is 14.7. The van der Waals surface area contributed by atoms with E-state index in [0.717, 1.165) is 102 Å². The number of hydrogen-bond acceptors (Lipinski definition) is 10. The predicted octanol–water partition coefficient (Wildman–Crippen LogP) is 5.72. The third-order valence-electron chi connectivity index (χ3n) is 9.99. The van der Waals surface area contributed by atoms with Crippen molar-refractivity contribution < 1.29 is 14.3 Å². The molecule has 1 aliphatic carbocycles. The largest absolute Gasteiger partial charge is 0.444 e. The fourth-order valence-electron chi connectivity index (χ4n) is 7.48. The monoisotopic (exact) mass is 658 g/mol. The first-order valence-electron chi connectivity index (χ1n) is 17.6. The van der Waals surface area contributed by atoms with E-state index in [9.17, 15) is 14.4 Å². The molecule has 3 aromatic heterocycles. The van der Waals surface area contributed by atoms with E-state index >= 15 is 0 Å². The average Bonchev–Trinajstić information content (AvgIpc) is 3.46. The van der Waals surface area contributed by atoms with E-state index < -0.39 is 5.60 Å². The summed E-state index contributed by atoms with van der Waals surface area (Å²) in [5, 5.41) is 3.95. The number of nitrogens with one attached hydrogen (secondary N) is 1. The Morgan fingerprint density at radius 1 is 0.938 bits per heavy atom. The minimum absolute atomic E-state index is 0.0287. The summed E-state index contributed by atoms with van der Waals surface area (Å²) in [6.07, 6.45) is 10.5. The van der Waals surface area contributed by atoms with Crippen molar-refractivity contribution in [2.24, 2.45) is 5.92 Å². The van der Waals surface area contributed by atoms with Gasteiger partial charge in [-0.05, 0) is 90.3 Å². The Morgan fingerprint density at radius 2 is 1.69 bits per heavy atom. The summed E-state index contributed by atoms with van der Waals surface area (Å²) < 4.78 is 7.32. The topological polar surface area (TPSA) is 126 Å². The molecule has 3 aromatic rings. The van der Waals surface area contributed by atoms with Crippen LogP contribution < -0.4 is 15.8 Å². The van der Waals surface area contributed by atoms with E-state index in [2.05, 4.69) is 31.2 Å². The molecule has 1 atom stereocenters. The van der Waals surface area contributed by atoms with Crippen LogP contribution in [0, 0.1) is 12.8 Å². The second kappa shape index (κ2) is 14.2. The van der Waals surface area contributed by atoms with Gasteiger partial charge in [-0.15, -0.1) is 0 Å². The number of pyridine rings is 2. The maximum Gasteiger partial charge on any atom is 0.410 e. The van der Waals surface area contributed by atoms with E-state index in [1.54, 1.807) is 17.7 Å². The van der Waals surface area contributed by atoms with Gasteiger partial charge < -0.3 is 19.9 Å². The van der Waals surface area contributed by atoms with Crippen molar-refractivity contribution in [3.8, 4) is 0 Å². The van der Waals surface area contributed by atoms with Crippen LogP contribution in [0.2, 0.25) is 0 Å². The smallest absolute Gasteiger partial charge is 0.410 e. The molecule has 258 valence electrons. The molecule has 5 heterocycles. The Hall–Kier alpha value is -4.06. The van der Waals surface area contributed by atoms with E-state index in [4.69, 9.17) is 9.72 Å². The number of aryl methyl sites for hydroxylation is 1. The summed E-state index contributed by atoms with van der Waals surface area (Å²) in [5.41, 5.74) is 1.77. The molecule has 6 rings (SSSR count). The summed E-state index contributed by atoms with van der Waals surface area (Å²) in [4.78, 5) is 59.3. The Bertz CT molecular complexity index is 1690. The molecule has 3 aliphatic rings. The molecule has 2 saturated heterocycles. The van der Waals surface area contributed by atoms with Crippen molar-refractivity contribution in [1.82, 2.24) is 29.3 Å². The minimum atomic E-state index is -0.467. The first-order valence-corrected chi connectivity index (χ1v) is 17.6. The first kappa shape index (κ1) is 33.8. The molecule has 48 heavy (non-hydrogen) atoms. The number of carbonyl (C=O) groups is 2. The maximum absolute atomic E-state index is 13.5. The third-order valence-corrected chi connectivity index (χ3v) is 9.99. The Labute approximate surface area is 282 Å². The quantitative estimate of drug-likeness (QED) is 0.315. The van der Waals surface area contributed by atoms with Crippen molar-refractivity contribution in [3.63, 3.8) is 0 Å².